The number of hydrogen-bond acceptors (Lipinski definition) is 2. The van der Waals surface area contributed by atoms with Crippen molar-refractivity contribution in [3.63, 3.8) is 0 Å². The molecule has 1 atom stereocenters. The predicted molar refractivity (Wildman–Crippen MR) is 67.0 cm³/mol. The van der Waals surface area contributed by atoms with E-state index in [9.17, 15) is 0 Å². The Balaban J connectivity index is 2.18. The van der Waals surface area contributed by atoms with Gasteiger partial charge >= 0.3 is 0 Å². The molecule has 2 heteroatoms. The summed E-state index contributed by atoms with van der Waals surface area (Å²) in [5, 5.41) is 0. The Kier molecular flexibility index (Phi) is 5.07. The van der Waals surface area contributed by atoms with Crippen LogP contribution in [0.15, 0.2) is 0 Å². The topological polar surface area (TPSA) is 29.3 Å². The van der Waals surface area contributed by atoms with Crippen molar-refractivity contribution in [3.8, 4) is 0 Å². The second-order valence-electron chi connectivity index (χ2n) is 5.60. The van der Waals surface area contributed by atoms with E-state index in [1.807, 2.05) is 0 Å². The summed E-state index contributed by atoms with van der Waals surface area (Å²) in [6.45, 7) is 6.97. The standard InChI is InChI=1S/C13H28N2/c1-4-12(2)11-15(3)10-9-13(14)7-5-6-8-13/h12H,4-11,14H2,1-3H3. The number of nitrogens with zero attached hydrogens (tertiary/aromatic N) is 1. The van der Waals surface area contributed by atoms with E-state index in [1.165, 1.54) is 51.6 Å². The minimum absolute atomic E-state index is 0.170. The fourth-order valence-corrected chi connectivity index (χ4v) is 2.50. The first-order chi connectivity index (χ1) is 7.06. The molecule has 1 aliphatic carbocycles. The smallest absolute Gasteiger partial charge is 0.0166 e. The van der Waals surface area contributed by atoms with Gasteiger partial charge in [0.2, 0.25) is 0 Å². The number of nitrogens with two attached hydrogens (primary N) is 1. The lowest BCUT2D eigenvalue weighted by molar-refractivity contribution is 0.248. The molecule has 0 amide bonds. The molecular weight excluding hydrogens is 184 g/mol. The minimum Gasteiger partial charge on any atom is -0.325 e. The largest absolute Gasteiger partial charge is 0.325 e. The van der Waals surface area contributed by atoms with Crippen molar-refractivity contribution < 1.29 is 0 Å². The zero-order chi connectivity index (χ0) is 11.3. The Bertz CT molecular complexity index is 173. The fourth-order valence-electron chi connectivity index (χ4n) is 2.50. The summed E-state index contributed by atoms with van der Waals surface area (Å²) in [6, 6.07) is 0. The van der Waals surface area contributed by atoms with Gasteiger partial charge in [0, 0.05) is 12.1 Å². The summed E-state index contributed by atoms with van der Waals surface area (Å²) >= 11 is 0. The summed E-state index contributed by atoms with van der Waals surface area (Å²) in [5.41, 5.74) is 6.51. The maximum absolute atomic E-state index is 6.34. The summed E-state index contributed by atoms with van der Waals surface area (Å²) < 4.78 is 0. The van der Waals surface area contributed by atoms with Crippen molar-refractivity contribution in [2.24, 2.45) is 11.7 Å². The average molecular weight is 212 g/mol. The van der Waals surface area contributed by atoms with Crippen molar-refractivity contribution >= 4 is 0 Å². The molecule has 0 spiro atoms. The van der Waals surface area contributed by atoms with Crippen molar-refractivity contribution in [3.05, 3.63) is 0 Å². The van der Waals surface area contributed by atoms with E-state index in [4.69, 9.17) is 5.73 Å². The number of rotatable bonds is 6. The lowest BCUT2D eigenvalue weighted by Crippen LogP contribution is -2.40. The summed E-state index contributed by atoms with van der Waals surface area (Å²) in [5.74, 6) is 0.812. The maximum atomic E-state index is 6.34. The Morgan fingerprint density at radius 1 is 1.33 bits per heavy atom. The lowest BCUT2D eigenvalue weighted by Gasteiger charge is -2.28. The van der Waals surface area contributed by atoms with E-state index in [0.717, 1.165) is 5.92 Å². The monoisotopic (exact) mass is 212 g/mol. The normalized spacial score (nSPS) is 22.2. The van der Waals surface area contributed by atoms with Gasteiger partial charge in [-0.05, 0) is 38.8 Å². The van der Waals surface area contributed by atoms with Gasteiger partial charge in [-0.15, -0.1) is 0 Å². The van der Waals surface area contributed by atoms with Crippen molar-refractivity contribution in [1.82, 2.24) is 4.90 Å². The zero-order valence-corrected chi connectivity index (χ0v) is 10.8. The predicted octanol–water partition coefficient (Wildman–Crippen LogP) is 2.63. The van der Waals surface area contributed by atoms with Crippen LogP contribution in [0.5, 0.6) is 0 Å². The van der Waals surface area contributed by atoms with Crippen LogP contribution in [-0.4, -0.2) is 30.6 Å². The van der Waals surface area contributed by atoms with E-state index in [2.05, 4.69) is 25.8 Å². The molecule has 0 aliphatic heterocycles. The molecule has 0 aromatic carbocycles. The van der Waals surface area contributed by atoms with E-state index in [1.54, 1.807) is 0 Å². The summed E-state index contributed by atoms with van der Waals surface area (Å²) in [6.07, 6.45) is 7.61. The van der Waals surface area contributed by atoms with Gasteiger partial charge in [-0.3, -0.25) is 0 Å². The summed E-state index contributed by atoms with van der Waals surface area (Å²) in [4.78, 5) is 2.45. The highest BCUT2D eigenvalue weighted by Gasteiger charge is 2.28. The van der Waals surface area contributed by atoms with Crippen LogP contribution in [0.3, 0.4) is 0 Å². The first-order valence-electron chi connectivity index (χ1n) is 6.53. The third-order valence-corrected chi connectivity index (χ3v) is 3.91. The van der Waals surface area contributed by atoms with Gasteiger partial charge in [-0.25, -0.2) is 0 Å². The van der Waals surface area contributed by atoms with E-state index in [0.29, 0.717) is 0 Å². The molecule has 1 rings (SSSR count). The SMILES string of the molecule is CCC(C)CN(C)CCC1(N)CCCC1. The lowest BCUT2D eigenvalue weighted by atomic mass is 9.94. The third-order valence-electron chi connectivity index (χ3n) is 3.91. The van der Waals surface area contributed by atoms with Crippen molar-refractivity contribution in [1.29, 1.82) is 0 Å². The molecule has 0 heterocycles. The Hall–Kier alpha value is -0.0800. The molecule has 1 fully saturated rings. The minimum atomic E-state index is 0.170. The molecular formula is C13H28N2. The van der Waals surface area contributed by atoms with Crippen LogP contribution in [0.4, 0.5) is 0 Å². The second-order valence-corrected chi connectivity index (χ2v) is 5.60. The zero-order valence-electron chi connectivity index (χ0n) is 10.8. The van der Waals surface area contributed by atoms with Crippen LogP contribution >= 0.6 is 0 Å². The van der Waals surface area contributed by atoms with Gasteiger partial charge in [-0.1, -0.05) is 33.1 Å². The molecule has 1 aliphatic rings. The maximum Gasteiger partial charge on any atom is 0.0166 e. The fraction of sp³-hybridized carbons (Fsp3) is 1.00. The van der Waals surface area contributed by atoms with Gasteiger partial charge in [-0.2, -0.15) is 0 Å². The van der Waals surface area contributed by atoms with Crippen molar-refractivity contribution in [2.75, 3.05) is 20.1 Å². The van der Waals surface area contributed by atoms with Crippen LogP contribution in [0.1, 0.15) is 52.4 Å². The third kappa shape index (κ3) is 4.52. The highest BCUT2D eigenvalue weighted by Crippen LogP contribution is 2.30. The number of hydrogen-bond donors (Lipinski definition) is 1. The van der Waals surface area contributed by atoms with E-state index in [-0.39, 0.29) is 5.54 Å². The molecule has 0 saturated heterocycles. The molecule has 2 N–H and O–H groups in total. The van der Waals surface area contributed by atoms with Gasteiger partial charge in [0.1, 0.15) is 0 Å². The molecule has 90 valence electrons. The molecule has 2 nitrogen and oxygen atoms in total. The van der Waals surface area contributed by atoms with Crippen LogP contribution < -0.4 is 5.73 Å². The van der Waals surface area contributed by atoms with Crippen molar-refractivity contribution in [2.45, 2.75) is 57.9 Å². The first-order valence-corrected chi connectivity index (χ1v) is 6.53. The molecule has 0 radical (unpaired) electrons. The molecule has 1 unspecified atom stereocenters. The average Bonchev–Trinajstić information content (AvgIpc) is 2.63. The van der Waals surface area contributed by atoms with Gasteiger partial charge in [0.05, 0.1) is 0 Å². The van der Waals surface area contributed by atoms with Crippen LogP contribution in [-0.2, 0) is 0 Å². The van der Waals surface area contributed by atoms with Crippen LogP contribution in [0, 0.1) is 5.92 Å². The first kappa shape index (κ1) is 13.0. The van der Waals surface area contributed by atoms with Gasteiger partial charge < -0.3 is 10.6 Å². The summed E-state index contributed by atoms with van der Waals surface area (Å²) in [7, 11) is 2.23. The molecule has 15 heavy (non-hydrogen) atoms. The molecule has 0 bridgehead atoms. The Morgan fingerprint density at radius 3 is 2.47 bits per heavy atom. The second kappa shape index (κ2) is 5.86. The molecule has 0 aromatic rings. The van der Waals surface area contributed by atoms with E-state index >= 15 is 0 Å². The highest BCUT2D eigenvalue weighted by atomic mass is 15.1. The van der Waals surface area contributed by atoms with Gasteiger partial charge in [0.25, 0.3) is 0 Å². The van der Waals surface area contributed by atoms with E-state index < -0.39 is 0 Å². The van der Waals surface area contributed by atoms with Crippen LogP contribution in [0.2, 0.25) is 0 Å². The molecule has 1 saturated carbocycles. The quantitative estimate of drug-likeness (QED) is 0.733. The Morgan fingerprint density at radius 2 is 1.93 bits per heavy atom. The Labute approximate surface area is 95.2 Å². The van der Waals surface area contributed by atoms with Gasteiger partial charge in [0.15, 0.2) is 0 Å². The highest BCUT2D eigenvalue weighted by molar-refractivity contribution is 4.89. The van der Waals surface area contributed by atoms with Crippen LogP contribution in [0.25, 0.3) is 0 Å². The molecule has 0 aromatic heterocycles.